The van der Waals surface area contributed by atoms with Crippen molar-refractivity contribution in [2.75, 3.05) is 20.6 Å². The fraction of sp³-hybridized carbons (Fsp3) is 0.412. The minimum Gasteiger partial charge on any atom is -0.305 e. The van der Waals surface area contributed by atoms with E-state index in [2.05, 4.69) is 4.72 Å². The smallest absolute Gasteiger partial charge is 0.305 e. The zero-order chi connectivity index (χ0) is 19.5. The summed E-state index contributed by atoms with van der Waals surface area (Å²) in [5.74, 6) is 0. The van der Waals surface area contributed by atoms with Gasteiger partial charge in [0.05, 0.1) is 0 Å². The Balaban J connectivity index is 2.23. The van der Waals surface area contributed by atoms with E-state index in [0.717, 1.165) is 20.9 Å². The van der Waals surface area contributed by atoms with Crippen LogP contribution >= 0.6 is 0 Å². The summed E-state index contributed by atoms with van der Waals surface area (Å²) in [6.45, 7) is 0.135. The number of rotatable bonds is 7. The average molecular weight is 380 g/mol. The molecule has 1 aromatic carbocycles. The Kier molecular flexibility index (Phi) is 6.17. The Morgan fingerprint density at radius 3 is 2.31 bits per heavy atom. The van der Waals surface area contributed by atoms with Crippen LogP contribution in [-0.4, -0.2) is 49.1 Å². The number of hydrogen-bond acceptors (Lipinski definition) is 5. The largest absolute Gasteiger partial charge is 0.330 e. The van der Waals surface area contributed by atoms with Crippen molar-refractivity contribution in [1.29, 1.82) is 0 Å². The lowest BCUT2D eigenvalue weighted by Crippen LogP contribution is -2.45. The minimum atomic E-state index is -4.04. The fourth-order valence-electron chi connectivity index (χ4n) is 2.57. The van der Waals surface area contributed by atoms with Gasteiger partial charge in [0.1, 0.15) is 0 Å². The second kappa shape index (κ2) is 7.98. The van der Waals surface area contributed by atoms with E-state index in [-0.39, 0.29) is 12.6 Å². The highest BCUT2D eigenvalue weighted by molar-refractivity contribution is 7.89. The van der Waals surface area contributed by atoms with Crippen LogP contribution in [0.25, 0.3) is 0 Å². The number of likely N-dealkylation sites (N-methyl/N-ethyl adjacent to an activating group) is 1. The van der Waals surface area contributed by atoms with Crippen molar-refractivity contribution in [3.05, 3.63) is 62.9 Å². The number of aryl methyl sites for hydroxylation is 1. The Morgan fingerprint density at radius 2 is 1.73 bits per heavy atom. The van der Waals surface area contributed by atoms with Crippen LogP contribution in [0.5, 0.6) is 0 Å². The van der Waals surface area contributed by atoms with Gasteiger partial charge in [0, 0.05) is 32.9 Å². The van der Waals surface area contributed by atoms with Crippen molar-refractivity contribution in [3.63, 3.8) is 0 Å². The van der Waals surface area contributed by atoms with Crippen LogP contribution in [0.15, 0.2) is 51.0 Å². The van der Waals surface area contributed by atoms with Crippen LogP contribution < -0.4 is 16.0 Å². The summed E-state index contributed by atoms with van der Waals surface area (Å²) in [6, 6.07) is 9.65. The molecule has 1 N–H and O–H groups in total. The van der Waals surface area contributed by atoms with E-state index in [1.807, 2.05) is 49.3 Å². The van der Waals surface area contributed by atoms with Crippen molar-refractivity contribution >= 4 is 10.0 Å². The minimum absolute atomic E-state index is 0.0939. The number of sulfonamides is 1. The topological polar surface area (TPSA) is 93.4 Å². The molecule has 0 radical (unpaired) electrons. The lowest BCUT2D eigenvalue weighted by atomic mass is 10.1. The summed E-state index contributed by atoms with van der Waals surface area (Å²) in [4.78, 5) is 25.4. The van der Waals surface area contributed by atoms with E-state index in [1.165, 1.54) is 14.1 Å². The summed E-state index contributed by atoms with van der Waals surface area (Å²) in [5.41, 5.74) is -0.335. The normalized spacial score (nSPS) is 13.1. The van der Waals surface area contributed by atoms with E-state index in [4.69, 9.17) is 0 Å². The second-order valence-corrected chi connectivity index (χ2v) is 8.15. The predicted octanol–water partition coefficient (Wildman–Crippen LogP) is -0.465. The maximum Gasteiger partial charge on any atom is 0.330 e. The zero-order valence-corrected chi connectivity index (χ0v) is 16.2. The first-order valence-electron chi connectivity index (χ1n) is 8.10. The summed E-state index contributed by atoms with van der Waals surface area (Å²) in [7, 11) is 2.35. The third-order valence-electron chi connectivity index (χ3n) is 4.26. The molecule has 1 aromatic heterocycles. The molecule has 0 saturated carbocycles. The number of nitrogens with zero attached hydrogens (tertiary/aromatic N) is 3. The molecule has 0 fully saturated rings. The van der Waals surface area contributed by atoms with Crippen LogP contribution in [0.2, 0.25) is 0 Å². The van der Waals surface area contributed by atoms with Crippen molar-refractivity contribution < 1.29 is 8.42 Å². The lowest BCUT2D eigenvalue weighted by molar-refractivity contribution is 0.291. The predicted molar refractivity (Wildman–Crippen MR) is 99.7 cm³/mol. The molecule has 1 unspecified atom stereocenters. The number of aromatic nitrogens is 2. The maximum absolute atomic E-state index is 12.6. The standard InChI is InChI=1S/C17H24N4O4S/c1-19(2)14(10-13-8-6-5-7-9-13)11-18-26(24,25)15-12-20(3)17(23)21(4)16(15)22/h5-9,12,14,18H,10-11H2,1-4H3. The van der Waals surface area contributed by atoms with E-state index >= 15 is 0 Å². The molecule has 0 aliphatic rings. The zero-order valence-electron chi connectivity index (χ0n) is 15.3. The molecule has 2 aromatic rings. The van der Waals surface area contributed by atoms with Gasteiger partial charge < -0.3 is 9.47 Å². The highest BCUT2D eigenvalue weighted by Gasteiger charge is 2.23. The Morgan fingerprint density at radius 1 is 1.12 bits per heavy atom. The number of benzene rings is 1. The molecular formula is C17H24N4O4S. The van der Waals surface area contributed by atoms with Crippen LogP contribution in [0.3, 0.4) is 0 Å². The van der Waals surface area contributed by atoms with Gasteiger partial charge in [0.25, 0.3) is 5.56 Å². The van der Waals surface area contributed by atoms with Crippen LogP contribution in [-0.2, 0) is 30.5 Å². The Hall–Kier alpha value is -2.23. The summed E-state index contributed by atoms with van der Waals surface area (Å²) in [6.07, 6.45) is 1.70. The SMILES string of the molecule is CN(C)C(CNS(=O)(=O)c1cn(C)c(=O)n(C)c1=O)Cc1ccccc1. The van der Waals surface area contributed by atoms with Gasteiger partial charge >= 0.3 is 5.69 Å². The summed E-state index contributed by atoms with van der Waals surface area (Å²) in [5, 5.41) is 0. The van der Waals surface area contributed by atoms with Gasteiger partial charge in [0.15, 0.2) is 4.90 Å². The molecule has 1 heterocycles. The summed E-state index contributed by atoms with van der Waals surface area (Å²) >= 11 is 0. The lowest BCUT2D eigenvalue weighted by Gasteiger charge is -2.24. The molecule has 0 spiro atoms. The Bertz CT molecular complexity index is 978. The first kappa shape index (κ1) is 20.1. The molecule has 0 aliphatic heterocycles. The van der Waals surface area contributed by atoms with Gasteiger partial charge in [-0.1, -0.05) is 30.3 Å². The second-order valence-electron chi connectivity index (χ2n) is 6.41. The monoisotopic (exact) mass is 380 g/mol. The molecule has 8 nitrogen and oxygen atoms in total. The quantitative estimate of drug-likeness (QED) is 0.701. The molecule has 26 heavy (non-hydrogen) atoms. The molecule has 1 atom stereocenters. The summed E-state index contributed by atoms with van der Waals surface area (Å²) < 4.78 is 29.5. The van der Waals surface area contributed by atoms with Crippen molar-refractivity contribution in [3.8, 4) is 0 Å². The van der Waals surface area contributed by atoms with Crippen LogP contribution in [0, 0.1) is 0 Å². The van der Waals surface area contributed by atoms with Crippen LogP contribution in [0.4, 0.5) is 0 Å². The highest BCUT2D eigenvalue weighted by atomic mass is 32.2. The highest BCUT2D eigenvalue weighted by Crippen LogP contribution is 2.08. The van der Waals surface area contributed by atoms with Crippen LogP contribution in [0.1, 0.15) is 5.56 Å². The van der Waals surface area contributed by atoms with Gasteiger partial charge in [-0.25, -0.2) is 17.9 Å². The maximum atomic E-state index is 12.6. The van der Waals surface area contributed by atoms with Gasteiger partial charge in [-0.15, -0.1) is 0 Å². The van der Waals surface area contributed by atoms with Gasteiger partial charge in [-0.05, 0) is 26.1 Å². The molecule has 0 bridgehead atoms. The number of nitrogens with one attached hydrogen (secondary N) is 1. The average Bonchev–Trinajstić information content (AvgIpc) is 2.60. The third-order valence-corrected chi connectivity index (χ3v) is 5.66. The van der Waals surface area contributed by atoms with Crippen molar-refractivity contribution in [1.82, 2.24) is 18.8 Å². The third kappa shape index (κ3) is 4.48. The van der Waals surface area contributed by atoms with Gasteiger partial charge in [0.2, 0.25) is 10.0 Å². The number of hydrogen-bond donors (Lipinski definition) is 1. The molecule has 9 heteroatoms. The molecule has 142 valence electrons. The van der Waals surface area contributed by atoms with Crippen molar-refractivity contribution in [2.45, 2.75) is 17.4 Å². The van der Waals surface area contributed by atoms with E-state index < -0.39 is 26.2 Å². The molecule has 2 rings (SSSR count). The van der Waals surface area contributed by atoms with Gasteiger partial charge in [-0.2, -0.15) is 0 Å². The fourth-order valence-corrected chi connectivity index (χ4v) is 3.80. The molecule has 0 aliphatic carbocycles. The molecule has 0 saturated heterocycles. The molecule has 0 amide bonds. The van der Waals surface area contributed by atoms with E-state index in [1.54, 1.807) is 0 Å². The first-order chi connectivity index (χ1) is 12.1. The van der Waals surface area contributed by atoms with E-state index in [0.29, 0.717) is 6.42 Å². The van der Waals surface area contributed by atoms with Gasteiger partial charge in [-0.3, -0.25) is 9.36 Å². The van der Waals surface area contributed by atoms with E-state index in [9.17, 15) is 18.0 Å². The Labute approximate surface area is 152 Å². The molecular weight excluding hydrogens is 356 g/mol. The van der Waals surface area contributed by atoms with Crippen molar-refractivity contribution in [2.24, 2.45) is 14.1 Å². The first-order valence-corrected chi connectivity index (χ1v) is 9.58.